The highest BCUT2D eigenvalue weighted by Gasteiger charge is 2.20. The van der Waals surface area contributed by atoms with Gasteiger partial charge in [0, 0.05) is 11.4 Å². The van der Waals surface area contributed by atoms with Gasteiger partial charge in [-0.3, -0.25) is 9.36 Å². The normalized spacial score (nSPS) is 11.4. The van der Waals surface area contributed by atoms with Gasteiger partial charge >= 0.3 is 5.97 Å². The molecule has 0 amide bonds. The van der Waals surface area contributed by atoms with E-state index in [1.807, 2.05) is 48.7 Å². The molecular weight excluding hydrogens is 302 g/mol. The zero-order valence-corrected chi connectivity index (χ0v) is 13.0. The molecule has 2 aromatic heterocycles. The Bertz CT molecular complexity index is 789. The summed E-state index contributed by atoms with van der Waals surface area (Å²) in [5, 5.41) is 18.7. The molecule has 22 heavy (non-hydrogen) atoms. The molecule has 0 aliphatic carbocycles. The summed E-state index contributed by atoms with van der Waals surface area (Å²) in [6.45, 7) is 4.00. The van der Waals surface area contributed by atoms with Crippen LogP contribution in [-0.2, 0) is 4.79 Å². The Morgan fingerprint density at radius 2 is 2.14 bits per heavy atom. The minimum Gasteiger partial charge on any atom is -0.481 e. The van der Waals surface area contributed by atoms with E-state index >= 15 is 0 Å². The highest BCUT2D eigenvalue weighted by Crippen LogP contribution is 2.31. The van der Waals surface area contributed by atoms with Crippen molar-refractivity contribution in [2.75, 3.05) is 5.75 Å². The van der Waals surface area contributed by atoms with Gasteiger partial charge in [0.2, 0.25) is 5.82 Å². The molecule has 1 N–H and O–H groups in total. The van der Waals surface area contributed by atoms with Gasteiger partial charge in [-0.05, 0) is 26.0 Å². The summed E-state index contributed by atoms with van der Waals surface area (Å²) >= 11 is 1.15. The maximum atomic E-state index is 10.8. The van der Waals surface area contributed by atoms with Crippen molar-refractivity contribution in [2.45, 2.75) is 25.0 Å². The van der Waals surface area contributed by atoms with E-state index in [1.54, 1.807) is 0 Å². The van der Waals surface area contributed by atoms with Crippen LogP contribution in [0.4, 0.5) is 0 Å². The number of carboxylic acid groups (broad SMARTS) is 1. The van der Waals surface area contributed by atoms with Crippen molar-refractivity contribution in [3.63, 3.8) is 0 Å². The number of hydrogen-bond donors (Lipinski definition) is 1. The van der Waals surface area contributed by atoms with Crippen LogP contribution >= 0.6 is 11.8 Å². The number of carbonyl (C=O) groups is 1. The Labute approximate surface area is 131 Å². The third kappa shape index (κ3) is 2.71. The second-order valence-electron chi connectivity index (χ2n) is 5.10. The van der Waals surface area contributed by atoms with Crippen LogP contribution in [0.5, 0.6) is 0 Å². The highest BCUT2D eigenvalue weighted by molar-refractivity contribution is 7.99. The van der Waals surface area contributed by atoms with E-state index in [4.69, 9.17) is 9.52 Å². The van der Waals surface area contributed by atoms with Gasteiger partial charge in [0.25, 0.3) is 0 Å². The number of rotatable bonds is 5. The molecule has 0 fully saturated rings. The Morgan fingerprint density at radius 3 is 2.82 bits per heavy atom. The average Bonchev–Trinajstić information content (AvgIpc) is 3.08. The maximum Gasteiger partial charge on any atom is 0.313 e. The van der Waals surface area contributed by atoms with Crippen LogP contribution in [0.3, 0.4) is 0 Å². The van der Waals surface area contributed by atoms with E-state index < -0.39 is 5.97 Å². The lowest BCUT2D eigenvalue weighted by molar-refractivity contribution is -0.133. The second-order valence-corrected chi connectivity index (χ2v) is 6.04. The molecule has 0 radical (unpaired) electrons. The molecule has 0 atom stereocenters. The second kappa shape index (κ2) is 5.84. The predicted octanol–water partition coefficient (Wildman–Crippen LogP) is 3.45. The standard InChI is InChI=1S/C15H15N3O3S/c1-9(2)18-14(16-17-15(18)22-8-13(19)20)12-7-10-5-3-4-6-11(10)21-12/h3-7,9H,8H2,1-2H3,(H,19,20). The van der Waals surface area contributed by atoms with Gasteiger partial charge in [-0.1, -0.05) is 30.0 Å². The molecule has 1 aromatic carbocycles. The van der Waals surface area contributed by atoms with E-state index in [0.717, 1.165) is 22.7 Å². The van der Waals surface area contributed by atoms with Crippen LogP contribution in [0.15, 0.2) is 39.9 Å². The van der Waals surface area contributed by atoms with Crippen molar-refractivity contribution in [3.05, 3.63) is 30.3 Å². The topological polar surface area (TPSA) is 81.2 Å². The van der Waals surface area contributed by atoms with E-state index in [1.165, 1.54) is 0 Å². The number of thioether (sulfide) groups is 1. The number of fused-ring (bicyclic) bond motifs is 1. The Kier molecular flexibility index (Phi) is 3.89. The zero-order valence-electron chi connectivity index (χ0n) is 12.2. The average molecular weight is 317 g/mol. The SMILES string of the molecule is CC(C)n1c(SCC(=O)O)nnc1-c1cc2ccccc2o1. The lowest BCUT2D eigenvalue weighted by atomic mass is 10.2. The smallest absolute Gasteiger partial charge is 0.313 e. The van der Waals surface area contributed by atoms with Gasteiger partial charge in [-0.25, -0.2) is 0 Å². The van der Waals surface area contributed by atoms with Crippen molar-refractivity contribution in [1.82, 2.24) is 14.8 Å². The number of para-hydroxylation sites is 1. The first-order valence-electron chi connectivity index (χ1n) is 6.84. The van der Waals surface area contributed by atoms with Gasteiger partial charge in [-0.15, -0.1) is 10.2 Å². The fourth-order valence-corrected chi connectivity index (χ4v) is 3.01. The predicted molar refractivity (Wildman–Crippen MR) is 84.0 cm³/mol. The Balaban J connectivity index is 2.04. The maximum absolute atomic E-state index is 10.8. The first-order chi connectivity index (χ1) is 10.6. The number of aromatic nitrogens is 3. The largest absolute Gasteiger partial charge is 0.481 e. The molecule has 0 unspecified atom stereocenters. The molecule has 3 aromatic rings. The lowest BCUT2D eigenvalue weighted by Gasteiger charge is -2.11. The minimum absolute atomic E-state index is 0.0506. The number of nitrogens with zero attached hydrogens (tertiary/aromatic N) is 3. The van der Waals surface area contributed by atoms with Crippen molar-refractivity contribution in [2.24, 2.45) is 0 Å². The summed E-state index contributed by atoms with van der Waals surface area (Å²) in [6.07, 6.45) is 0. The first-order valence-corrected chi connectivity index (χ1v) is 7.83. The molecule has 0 spiro atoms. The molecule has 0 aliphatic rings. The lowest BCUT2D eigenvalue weighted by Crippen LogP contribution is -2.06. The van der Waals surface area contributed by atoms with Gasteiger partial charge in [0.1, 0.15) is 5.58 Å². The van der Waals surface area contributed by atoms with Crippen molar-refractivity contribution in [3.8, 4) is 11.6 Å². The minimum atomic E-state index is -0.881. The number of hydrogen-bond acceptors (Lipinski definition) is 5. The van der Waals surface area contributed by atoms with Gasteiger partial charge in [0.15, 0.2) is 10.9 Å². The molecule has 0 bridgehead atoms. The first kappa shape index (κ1) is 14.6. The molecule has 3 rings (SSSR count). The molecule has 6 nitrogen and oxygen atoms in total. The summed E-state index contributed by atoms with van der Waals surface area (Å²) in [4.78, 5) is 10.8. The van der Waals surface area contributed by atoms with Crippen LogP contribution in [0.2, 0.25) is 0 Å². The van der Waals surface area contributed by atoms with Crippen LogP contribution in [0.25, 0.3) is 22.6 Å². The third-order valence-electron chi connectivity index (χ3n) is 3.15. The Morgan fingerprint density at radius 1 is 1.36 bits per heavy atom. The molecule has 0 saturated carbocycles. The summed E-state index contributed by atoms with van der Waals surface area (Å²) < 4.78 is 7.73. The zero-order chi connectivity index (χ0) is 15.7. The summed E-state index contributed by atoms with van der Waals surface area (Å²) in [5.74, 6) is 0.308. The monoisotopic (exact) mass is 317 g/mol. The number of benzene rings is 1. The van der Waals surface area contributed by atoms with E-state index in [-0.39, 0.29) is 11.8 Å². The third-order valence-corrected chi connectivity index (χ3v) is 4.08. The van der Waals surface area contributed by atoms with E-state index in [9.17, 15) is 4.79 Å². The van der Waals surface area contributed by atoms with Gasteiger partial charge < -0.3 is 9.52 Å². The number of aliphatic carboxylic acids is 1. The Hall–Kier alpha value is -2.28. The quantitative estimate of drug-likeness (QED) is 0.726. The van der Waals surface area contributed by atoms with Gasteiger partial charge in [-0.2, -0.15) is 0 Å². The fraction of sp³-hybridized carbons (Fsp3) is 0.267. The van der Waals surface area contributed by atoms with Crippen LogP contribution in [-0.4, -0.2) is 31.6 Å². The van der Waals surface area contributed by atoms with Crippen LogP contribution in [0.1, 0.15) is 19.9 Å². The highest BCUT2D eigenvalue weighted by atomic mass is 32.2. The van der Waals surface area contributed by atoms with E-state index in [0.29, 0.717) is 16.7 Å². The van der Waals surface area contributed by atoms with Gasteiger partial charge in [0.05, 0.1) is 5.75 Å². The molecule has 0 aliphatic heterocycles. The van der Waals surface area contributed by atoms with Crippen LogP contribution < -0.4 is 0 Å². The summed E-state index contributed by atoms with van der Waals surface area (Å²) in [6, 6.07) is 9.74. The van der Waals surface area contributed by atoms with Crippen molar-refractivity contribution < 1.29 is 14.3 Å². The molecule has 114 valence electrons. The molecule has 2 heterocycles. The van der Waals surface area contributed by atoms with Crippen molar-refractivity contribution >= 4 is 28.7 Å². The van der Waals surface area contributed by atoms with Crippen molar-refractivity contribution in [1.29, 1.82) is 0 Å². The molecular formula is C15H15N3O3S. The fourth-order valence-electron chi connectivity index (χ4n) is 2.23. The number of carboxylic acids is 1. The van der Waals surface area contributed by atoms with E-state index in [2.05, 4.69) is 10.2 Å². The molecule has 7 heteroatoms. The summed E-state index contributed by atoms with van der Waals surface area (Å²) in [7, 11) is 0. The molecule has 0 saturated heterocycles. The summed E-state index contributed by atoms with van der Waals surface area (Å²) in [5.41, 5.74) is 0.788. The number of furan rings is 1. The van der Waals surface area contributed by atoms with Crippen LogP contribution in [0, 0.1) is 0 Å².